The molecule has 0 aliphatic rings. The number of benzene rings is 1. The van der Waals surface area contributed by atoms with Crippen LogP contribution in [-0.2, 0) is 11.4 Å². The highest BCUT2D eigenvalue weighted by Crippen LogP contribution is 2.21. The smallest absolute Gasteiger partial charge is 0.260 e. The Morgan fingerprint density at radius 2 is 2.15 bits per heavy atom. The number of aliphatic hydroxyl groups excluding tert-OH is 1. The number of rotatable bonds is 8. The van der Waals surface area contributed by atoms with E-state index in [1.807, 2.05) is 19.1 Å². The molecule has 1 unspecified atom stereocenters. The van der Waals surface area contributed by atoms with Crippen LogP contribution in [0.2, 0.25) is 0 Å². The van der Waals surface area contributed by atoms with Crippen LogP contribution in [0.25, 0.3) is 0 Å². The van der Waals surface area contributed by atoms with Gasteiger partial charge >= 0.3 is 0 Å². The summed E-state index contributed by atoms with van der Waals surface area (Å²) in [5, 5.41) is 12.2. The highest BCUT2D eigenvalue weighted by molar-refractivity contribution is 5.80. The molecule has 0 aromatic heterocycles. The number of nitrogens with one attached hydrogen (secondary N) is 1. The van der Waals surface area contributed by atoms with Crippen molar-refractivity contribution in [1.82, 2.24) is 5.32 Å². The molecule has 0 aliphatic heterocycles. The molecular weight excluding hydrogens is 254 g/mol. The lowest BCUT2D eigenvalue weighted by Crippen LogP contribution is -2.37. The van der Waals surface area contributed by atoms with Crippen LogP contribution < -0.4 is 10.1 Å². The number of aryl methyl sites for hydroxylation is 1. The van der Waals surface area contributed by atoms with Crippen LogP contribution in [0.1, 0.15) is 44.2 Å². The van der Waals surface area contributed by atoms with E-state index in [2.05, 4.69) is 12.2 Å². The SMILES string of the molecule is CCCCCNC(=O)C(C)Oc1ccc(C)cc1CO. The molecular formula is C16H25NO3. The van der Waals surface area contributed by atoms with Crippen molar-refractivity contribution in [3.8, 4) is 5.75 Å². The normalized spacial score (nSPS) is 12.0. The second-order valence-electron chi connectivity index (χ2n) is 5.03. The Balaban J connectivity index is 2.52. The fourth-order valence-corrected chi connectivity index (χ4v) is 1.92. The first kappa shape index (κ1) is 16.5. The fourth-order valence-electron chi connectivity index (χ4n) is 1.92. The molecule has 20 heavy (non-hydrogen) atoms. The van der Waals surface area contributed by atoms with E-state index in [0.717, 1.165) is 24.8 Å². The van der Waals surface area contributed by atoms with E-state index in [-0.39, 0.29) is 12.5 Å². The van der Waals surface area contributed by atoms with Crippen molar-refractivity contribution in [2.45, 2.75) is 52.7 Å². The second kappa shape index (κ2) is 8.59. The molecule has 0 saturated heterocycles. The third kappa shape index (κ3) is 5.21. The van der Waals surface area contributed by atoms with Crippen LogP contribution in [0.5, 0.6) is 5.75 Å². The van der Waals surface area contributed by atoms with Gasteiger partial charge in [-0.2, -0.15) is 0 Å². The molecule has 4 nitrogen and oxygen atoms in total. The summed E-state index contributed by atoms with van der Waals surface area (Å²) in [4.78, 5) is 11.9. The van der Waals surface area contributed by atoms with Gasteiger partial charge in [-0.3, -0.25) is 4.79 Å². The van der Waals surface area contributed by atoms with E-state index >= 15 is 0 Å². The van der Waals surface area contributed by atoms with Crippen molar-refractivity contribution >= 4 is 5.91 Å². The molecule has 4 heteroatoms. The van der Waals surface area contributed by atoms with E-state index in [0.29, 0.717) is 17.9 Å². The maximum absolute atomic E-state index is 11.9. The van der Waals surface area contributed by atoms with E-state index in [9.17, 15) is 9.90 Å². The average Bonchev–Trinajstić information content (AvgIpc) is 2.45. The quantitative estimate of drug-likeness (QED) is 0.719. The summed E-state index contributed by atoms with van der Waals surface area (Å²) < 4.78 is 5.64. The molecule has 1 aromatic rings. The summed E-state index contributed by atoms with van der Waals surface area (Å²) in [6.07, 6.45) is 2.67. The zero-order chi connectivity index (χ0) is 15.0. The predicted octanol–water partition coefficient (Wildman–Crippen LogP) is 2.56. The van der Waals surface area contributed by atoms with Gasteiger partial charge in [0.1, 0.15) is 5.75 Å². The predicted molar refractivity (Wildman–Crippen MR) is 79.7 cm³/mol. The van der Waals surface area contributed by atoms with Gasteiger partial charge in [0.2, 0.25) is 0 Å². The molecule has 1 rings (SSSR count). The number of carbonyl (C=O) groups is 1. The lowest BCUT2D eigenvalue weighted by molar-refractivity contribution is -0.127. The molecule has 0 radical (unpaired) electrons. The number of ether oxygens (including phenoxy) is 1. The molecule has 112 valence electrons. The Bertz CT molecular complexity index is 432. The topological polar surface area (TPSA) is 58.6 Å². The molecule has 1 atom stereocenters. The van der Waals surface area contributed by atoms with Crippen LogP contribution in [-0.4, -0.2) is 23.7 Å². The summed E-state index contributed by atoms with van der Waals surface area (Å²) in [7, 11) is 0. The number of amides is 1. The fraction of sp³-hybridized carbons (Fsp3) is 0.562. The summed E-state index contributed by atoms with van der Waals surface area (Å²) in [5.41, 5.74) is 1.76. The Hall–Kier alpha value is -1.55. The van der Waals surface area contributed by atoms with Crippen molar-refractivity contribution in [2.24, 2.45) is 0 Å². The Labute approximate surface area is 121 Å². The average molecular weight is 279 g/mol. The standard InChI is InChI=1S/C16H25NO3/c1-4-5-6-9-17-16(19)13(3)20-15-8-7-12(2)10-14(15)11-18/h7-8,10,13,18H,4-6,9,11H2,1-3H3,(H,17,19). The van der Waals surface area contributed by atoms with E-state index < -0.39 is 6.10 Å². The number of hydrogen-bond acceptors (Lipinski definition) is 3. The van der Waals surface area contributed by atoms with Crippen LogP contribution in [0.3, 0.4) is 0 Å². The highest BCUT2D eigenvalue weighted by Gasteiger charge is 2.15. The van der Waals surface area contributed by atoms with Crippen molar-refractivity contribution < 1.29 is 14.6 Å². The summed E-state index contributed by atoms with van der Waals surface area (Å²) in [6, 6.07) is 5.56. The molecule has 0 saturated carbocycles. The van der Waals surface area contributed by atoms with Crippen molar-refractivity contribution in [3.05, 3.63) is 29.3 Å². The first-order valence-corrected chi connectivity index (χ1v) is 7.23. The van der Waals surface area contributed by atoms with Crippen LogP contribution in [0.4, 0.5) is 0 Å². The van der Waals surface area contributed by atoms with Crippen molar-refractivity contribution in [1.29, 1.82) is 0 Å². The van der Waals surface area contributed by atoms with Crippen molar-refractivity contribution in [2.75, 3.05) is 6.54 Å². The van der Waals surface area contributed by atoms with Crippen LogP contribution >= 0.6 is 0 Å². The molecule has 2 N–H and O–H groups in total. The Morgan fingerprint density at radius 3 is 2.80 bits per heavy atom. The third-order valence-corrected chi connectivity index (χ3v) is 3.14. The van der Waals surface area contributed by atoms with E-state index in [4.69, 9.17) is 4.74 Å². The van der Waals surface area contributed by atoms with Gasteiger partial charge in [0.15, 0.2) is 6.10 Å². The maximum Gasteiger partial charge on any atom is 0.260 e. The zero-order valence-corrected chi connectivity index (χ0v) is 12.6. The van der Waals surface area contributed by atoms with E-state index in [1.165, 1.54) is 0 Å². The summed E-state index contributed by atoms with van der Waals surface area (Å²) in [6.45, 7) is 6.38. The van der Waals surface area contributed by atoms with Crippen LogP contribution in [0.15, 0.2) is 18.2 Å². The summed E-state index contributed by atoms with van der Waals surface area (Å²) in [5.74, 6) is 0.444. The largest absolute Gasteiger partial charge is 0.481 e. The zero-order valence-electron chi connectivity index (χ0n) is 12.6. The van der Waals surface area contributed by atoms with Gasteiger partial charge in [-0.15, -0.1) is 0 Å². The van der Waals surface area contributed by atoms with Gasteiger partial charge in [-0.05, 0) is 26.3 Å². The Morgan fingerprint density at radius 1 is 1.40 bits per heavy atom. The van der Waals surface area contributed by atoms with Gasteiger partial charge in [0, 0.05) is 12.1 Å². The van der Waals surface area contributed by atoms with Crippen molar-refractivity contribution in [3.63, 3.8) is 0 Å². The van der Waals surface area contributed by atoms with Gasteiger partial charge in [0.05, 0.1) is 6.61 Å². The number of aliphatic hydroxyl groups is 1. The van der Waals surface area contributed by atoms with Gasteiger partial charge < -0.3 is 15.2 Å². The number of hydrogen-bond donors (Lipinski definition) is 2. The monoisotopic (exact) mass is 279 g/mol. The third-order valence-electron chi connectivity index (χ3n) is 3.14. The molecule has 0 fully saturated rings. The number of carbonyl (C=O) groups excluding carboxylic acids is 1. The lowest BCUT2D eigenvalue weighted by Gasteiger charge is -2.17. The highest BCUT2D eigenvalue weighted by atomic mass is 16.5. The molecule has 1 aromatic carbocycles. The minimum absolute atomic E-state index is 0.0954. The first-order chi connectivity index (χ1) is 9.58. The molecule has 1 amide bonds. The van der Waals surface area contributed by atoms with Gasteiger partial charge in [-0.1, -0.05) is 37.5 Å². The molecule has 0 spiro atoms. The second-order valence-corrected chi connectivity index (χ2v) is 5.03. The lowest BCUT2D eigenvalue weighted by atomic mass is 10.1. The maximum atomic E-state index is 11.9. The minimum Gasteiger partial charge on any atom is -0.481 e. The molecule has 0 heterocycles. The van der Waals surface area contributed by atoms with E-state index in [1.54, 1.807) is 13.0 Å². The molecule has 0 aliphatic carbocycles. The Kier molecular flexibility index (Phi) is 7.09. The van der Waals surface area contributed by atoms with Crippen LogP contribution in [0, 0.1) is 6.92 Å². The molecule has 0 bridgehead atoms. The number of unbranched alkanes of at least 4 members (excludes halogenated alkanes) is 2. The first-order valence-electron chi connectivity index (χ1n) is 7.23. The van der Waals surface area contributed by atoms with Gasteiger partial charge in [0.25, 0.3) is 5.91 Å². The minimum atomic E-state index is -0.565. The van der Waals surface area contributed by atoms with Gasteiger partial charge in [-0.25, -0.2) is 0 Å². The summed E-state index contributed by atoms with van der Waals surface area (Å²) >= 11 is 0.